The number of hydrogen-bond acceptors (Lipinski definition) is 4. The van der Waals surface area contributed by atoms with Crippen LogP contribution in [0.1, 0.15) is 34.2 Å². The molecule has 0 aliphatic carbocycles. The Hall–Kier alpha value is -2.37. The van der Waals surface area contributed by atoms with Gasteiger partial charge in [-0.25, -0.2) is 4.98 Å². The molecule has 0 unspecified atom stereocenters. The van der Waals surface area contributed by atoms with E-state index in [4.69, 9.17) is 0 Å². The van der Waals surface area contributed by atoms with Crippen LogP contribution in [0, 0.1) is 13.8 Å². The lowest BCUT2D eigenvalue weighted by molar-refractivity contribution is 0.0949. The quantitative estimate of drug-likeness (QED) is 0.916. The summed E-state index contributed by atoms with van der Waals surface area (Å²) in [6, 6.07) is 3.85. The summed E-state index contributed by atoms with van der Waals surface area (Å²) < 4.78 is 1.85. The fourth-order valence-corrected chi connectivity index (χ4v) is 2.57. The molecule has 0 radical (unpaired) electrons. The van der Waals surface area contributed by atoms with Crippen LogP contribution in [0.2, 0.25) is 0 Å². The summed E-state index contributed by atoms with van der Waals surface area (Å²) in [5, 5.41) is 7.36. The Labute approximate surface area is 131 Å². The largest absolute Gasteiger partial charge is 0.362 e. The van der Waals surface area contributed by atoms with Crippen molar-refractivity contribution < 1.29 is 4.79 Å². The molecule has 0 bridgehead atoms. The molecule has 2 heterocycles. The SMILES string of the molecule is CCn1nc(C)c(C(=O)NCc2cccnc2N(C)C)c1C. The number of carbonyl (C=O) groups is 1. The standard InChI is InChI=1S/C16H23N5O/c1-6-21-12(3)14(11(2)19-21)16(22)18-10-13-8-7-9-17-15(13)20(4)5/h7-9H,6,10H2,1-5H3,(H,18,22). The molecule has 6 heteroatoms. The van der Waals surface area contributed by atoms with Gasteiger partial charge in [-0.05, 0) is 26.8 Å². The van der Waals surface area contributed by atoms with Crippen LogP contribution in [0.25, 0.3) is 0 Å². The molecule has 2 aromatic heterocycles. The van der Waals surface area contributed by atoms with Crippen molar-refractivity contribution in [1.29, 1.82) is 0 Å². The van der Waals surface area contributed by atoms with Crippen molar-refractivity contribution in [3.05, 3.63) is 40.8 Å². The lowest BCUT2D eigenvalue weighted by Gasteiger charge is -2.16. The normalized spacial score (nSPS) is 10.6. The summed E-state index contributed by atoms with van der Waals surface area (Å²) in [6.45, 7) is 7.00. The van der Waals surface area contributed by atoms with Crippen LogP contribution in [0.4, 0.5) is 5.82 Å². The van der Waals surface area contributed by atoms with Gasteiger partial charge in [-0.2, -0.15) is 5.10 Å². The van der Waals surface area contributed by atoms with E-state index in [1.54, 1.807) is 6.20 Å². The molecular weight excluding hydrogens is 278 g/mol. The van der Waals surface area contributed by atoms with E-state index in [-0.39, 0.29) is 5.91 Å². The minimum absolute atomic E-state index is 0.0942. The first-order chi connectivity index (χ1) is 10.5. The third-order valence-electron chi connectivity index (χ3n) is 3.64. The van der Waals surface area contributed by atoms with Crippen LogP contribution in [0.5, 0.6) is 0 Å². The number of anilines is 1. The third kappa shape index (κ3) is 3.10. The van der Waals surface area contributed by atoms with Crippen LogP contribution in [0.15, 0.2) is 18.3 Å². The molecule has 118 valence electrons. The van der Waals surface area contributed by atoms with E-state index < -0.39 is 0 Å². The Morgan fingerprint density at radius 3 is 2.68 bits per heavy atom. The Morgan fingerprint density at radius 1 is 1.36 bits per heavy atom. The lowest BCUT2D eigenvalue weighted by atomic mass is 10.1. The molecule has 0 saturated carbocycles. The van der Waals surface area contributed by atoms with E-state index >= 15 is 0 Å². The number of aromatic nitrogens is 3. The van der Waals surface area contributed by atoms with Gasteiger partial charge in [-0.15, -0.1) is 0 Å². The van der Waals surface area contributed by atoms with Gasteiger partial charge < -0.3 is 10.2 Å². The molecule has 2 rings (SSSR count). The predicted molar refractivity (Wildman–Crippen MR) is 87.1 cm³/mol. The number of nitrogens with one attached hydrogen (secondary N) is 1. The summed E-state index contributed by atoms with van der Waals surface area (Å²) in [4.78, 5) is 18.7. The molecule has 6 nitrogen and oxygen atoms in total. The van der Waals surface area contributed by atoms with E-state index in [1.807, 2.05) is 56.6 Å². The molecule has 0 aliphatic rings. The van der Waals surface area contributed by atoms with Gasteiger partial charge >= 0.3 is 0 Å². The molecule has 0 fully saturated rings. The molecule has 1 N–H and O–H groups in total. The number of pyridine rings is 1. The smallest absolute Gasteiger partial charge is 0.255 e. The first-order valence-corrected chi connectivity index (χ1v) is 7.39. The van der Waals surface area contributed by atoms with Gasteiger partial charge in [-0.3, -0.25) is 9.48 Å². The average molecular weight is 301 g/mol. The van der Waals surface area contributed by atoms with Crippen molar-refractivity contribution >= 4 is 11.7 Å². The van der Waals surface area contributed by atoms with Gasteiger partial charge in [0, 0.05) is 44.6 Å². The fourth-order valence-electron chi connectivity index (χ4n) is 2.57. The van der Waals surface area contributed by atoms with Crippen LogP contribution in [0.3, 0.4) is 0 Å². The van der Waals surface area contributed by atoms with E-state index in [0.29, 0.717) is 12.1 Å². The Morgan fingerprint density at radius 2 is 2.09 bits per heavy atom. The summed E-state index contributed by atoms with van der Waals surface area (Å²) in [5.41, 5.74) is 3.31. The second-order valence-corrected chi connectivity index (χ2v) is 5.42. The van der Waals surface area contributed by atoms with Crippen LogP contribution in [-0.4, -0.2) is 34.8 Å². The van der Waals surface area contributed by atoms with Gasteiger partial charge in [0.05, 0.1) is 11.3 Å². The van der Waals surface area contributed by atoms with Gasteiger partial charge in [0.25, 0.3) is 5.91 Å². The monoisotopic (exact) mass is 301 g/mol. The van der Waals surface area contributed by atoms with Crippen molar-refractivity contribution in [1.82, 2.24) is 20.1 Å². The molecule has 0 spiro atoms. The fraction of sp³-hybridized carbons (Fsp3) is 0.438. The molecule has 22 heavy (non-hydrogen) atoms. The van der Waals surface area contributed by atoms with Crippen LogP contribution >= 0.6 is 0 Å². The molecule has 0 aliphatic heterocycles. The zero-order valence-corrected chi connectivity index (χ0v) is 13.8. The Balaban J connectivity index is 2.16. The summed E-state index contributed by atoms with van der Waals surface area (Å²) >= 11 is 0. The zero-order chi connectivity index (χ0) is 16.3. The topological polar surface area (TPSA) is 63.1 Å². The maximum absolute atomic E-state index is 12.5. The summed E-state index contributed by atoms with van der Waals surface area (Å²) in [5.74, 6) is 0.767. The zero-order valence-electron chi connectivity index (χ0n) is 13.8. The number of carbonyl (C=O) groups excluding carboxylic acids is 1. The van der Waals surface area contributed by atoms with Crippen molar-refractivity contribution in [2.45, 2.75) is 33.9 Å². The van der Waals surface area contributed by atoms with E-state index in [1.165, 1.54) is 0 Å². The molecule has 0 aromatic carbocycles. The maximum atomic E-state index is 12.5. The first-order valence-electron chi connectivity index (χ1n) is 7.39. The molecule has 1 amide bonds. The molecule has 0 saturated heterocycles. The number of aryl methyl sites for hydroxylation is 2. The first kappa shape index (κ1) is 16.0. The number of hydrogen-bond donors (Lipinski definition) is 1. The number of nitrogens with zero attached hydrogens (tertiary/aromatic N) is 4. The van der Waals surface area contributed by atoms with Gasteiger partial charge in [0.1, 0.15) is 5.82 Å². The highest BCUT2D eigenvalue weighted by atomic mass is 16.1. The van der Waals surface area contributed by atoms with Crippen molar-refractivity contribution in [3.63, 3.8) is 0 Å². The number of amides is 1. The molecular formula is C16H23N5O. The highest BCUT2D eigenvalue weighted by molar-refractivity contribution is 5.96. The molecule has 2 aromatic rings. The van der Waals surface area contributed by atoms with Crippen molar-refractivity contribution in [2.75, 3.05) is 19.0 Å². The highest BCUT2D eigenvalue weighted by Crippen LogP contribution is 2.16. The van der Waals surface area contributed by atoms with Gasteiger partial charge in [0.15, 0.2) is 0 Å². The highest BCUT2D eigenvalue weighted by Gasteiger charge is 2.18. The molecule has 0 atom stereocenters. The van der Waals surface area contributed by atoms with E-state index in [9.17, 15) is 4.79 Å². The number of rotatable bonds is 5. The van der Waals surface area contributed by atoms with Crippen molar-refractivity contribution in [2.24, 2.45) is 0 Å². The third-order valence-corrected chi connectivity index (χ3v) is 3.64. The van der Waals surface area contributed by atoms with E-state index in [2.05, 4.69) is 15.4 Å². The summed E-state index contributed by atoms with van der Waals surface area (Å²) in [6.07, 6.45) is 1.75. The predicted octanol–water partition coefficient (Wildman–Crippen LogP) is 1.91. The Bertz CT molecular complexity index is 675. The Kier molecular flexibility index (Phi) is 4.80. The minimum Gasteiger partial charge on any atom is -0.362 e. The van der Waals surface area contributed by atoms with Gasteiger partial charge in [0.2, 0.25) is 0 Å². The van der Waals surface area contributed by atoms with Crippen LogP contribution in [-0.2, 0) is 13.1 Å². The minimum atomic E-state index is -0.0942. The summed E-state index contributed by atoms with van der Waals surface area (Å²) in [7, 11) is 3.88. The average Bonchev–Trinajstić information content (AvgIpc) is 2.79. The second-order valence-electron chi connectivity index (χ2n) is 5.42. The van der Waals surface area contributed by atoms with Gasteiger partial charge in [-0.1, -0.05) is 6.07 Å². The van der Waals surface area contributed by atoms with E-state index in [0.717, 1.165) is 29.3 Å². The van der Waals surface area contributed by atoms with Crippen LogP contribution < -0.4 is 10.2 Å². The lowest BCUT2D eigenvalue weighted by Crippen LogP contribution is -2.25. The van der Waals surface area contributed by atoms with Crippen molar-refractivity contribution in [3.8, 4) is 0 Å². The second kappa shape index (κ2) is 6.60. The maximum Gasteiger partial charge on any atom is 0.255 e.